The number of rotatable bonds is 4. The summed E-state index contributed by atoms with van der Waals surface area (Å²) < 4.78 is 24.5. The van der Waals surface area contributed by atoms with Gasteiger partial charge in [-0.25, -0.2) is 4.39 Å². The van der Waals surface area contributed by atoms with Gasteiger partial charge in [-0.2, -0.15) is 0 Å². The van der Waals surface area contributed by atoms with E-state index in [1.165, 1.54) is 12.1 Å². The predicted molar refractivity (Wildman–Crippen MR) is 61.4 cm³/mol. The van der Waals surface area contributed by atoms with Crippen molar-refractivity contribution in [2.24, 2.45) is 5.73 Å². The van der Waals surface area contributed by atoms with Crippen molar-refractivity contribution in [3.63, 3.8) is 0 Å². The van der Waals surface area contributed by atoms with Gasteiger partial charge < -0.3 is 5.73 Å². The molecule has 2 nitrogen and oxygen atoms in total. The highest BCUT2D eigenvalue weighted by Crippen LogP contribution is 2.09. The lowest BCUT2D eigenvalue weighted by atomic mass is 10.1. The van der Waals surface area contributed by atoms with Crippen LogP contribution in [0.3, 0.4) is 0 Å². The van der Waals surface area contributed by atoms with E-state index in [0.717, 1.165) is 5.56 Å². The predicted octanol–water partition coefficient (Wildman–Crippen LogP) is 1.81. The van der Waals surface area contributed by atoms with Crippen LogP contribution in [-0.4, -0.2) is 15.5 Å². The van der Waals surface area contributed by atoms with Crippen molar-refractivity contribution < 1.29 is 8.60 Å². The second-order valence-electron chi connectivity index (χ2n) is 4.35. The van der Waals surface area contributed by atoms with E-state index in [4.69, 9.17) is 5.73 Å². The van der Waals surface area contributed by atoms with E-state index in [1.807, 2.05) is 13.8 Å². The number of benzene rings is 1. The highest BCUT2D eigenvalue weighted by atomic mass is 32.2. The van der Waals surface area contributed by atoms with Crippen LogP contribution in [0, 0.1) is 5.82 Å². The summed E-state index contributed by atoms with van der Waals surface area (Å²) in [5.74, 6) is 0.485. The summed E-state index contributed by atoms with van der Waals surface area (Å²) in [5.41, 5.74) is 6.05. The third-order valence-electron chi connectivity index (χ3n) is 1.75. The smallest absolute Gasteiger partial charge is 0.123 e. The Morgan fingerprint density at radius 3 is 2.67 bits per heavy atom. The Balaban J connectivity index is 2.59. The first kappa shape index (κ1) is 12.3. The maximum absolute atomic E-state index is 12.8. The molecule has 0 spiro atoms. The zero-order valence-electron chi connectivity index (χ0n) is 9.00. The van der Waals surface area contributed by atoms with E-state index in [9.17, 15) is 8.60 Å². The molecule has 1 atom stereocenters. The fourth-order valence-corrected chi connectivity index (χ4v) is 2.76. The molecule has 0 saturated carbocycles. The Bertz CT molecular complexity index is 360. The molecular weight excluding hydrogens is 213 g/mol. The molecular formula is C11H16FNOS. The number of hydrogen-bond acceptors (Lipinski definition) is 2. The molecule has 0 aromatic heterocycles. The van der Waals surface area contributed by atoms with E-state index in [1.54, 1.807) is 12.1 Å². The largest absolute Gasteiger partial charge is 0.325 e. The molecule has 4 heteroatoms. The van der Waals surface area contributed by atoms with Gasteiger partial charge in [-0.3, -0.25) is 4.21 Å². The average molecular weight is 229 g/mol. The molecule has 0 radical (unpaired) electrons. The van der Waals surface area contributed by atoms with Gasteiger partial charge in [0.05, 0.1) is 0 Å². The zero-order valence-corrected chi connectivity index (χ0v) is 9.81. The standard InChI is InChI=1S/C11H16FNOS/c1-11(2,13)8-15(14)7-9-4-3-5-10(12)6-9/h3-6H,7-8,13H2,1-2H3. The quantitative estimate of drug-likeness (QED) is 0.855. The van der Waals surface area contributed by atoms with Gasteiger partial charge in [0.15, 0.2) is 0 Å². The van der Waals surface area contributed by atoms with Crippen LogP contribution in [0.25, 0.3) is 0 Å². The molecule has 0 heterocycles. The lowest BCUT2D eigenvalue weighted by Gasteiger charge is -2.17. The fourth-order valence-electron chi connectivity index (χ4n) is 1.28. The first-order valence-corrected chi connectivity index (χ1v) is 6.24. The minimum atomic E-state index is -1.04. The molecule has 1 aromatic rings. The lowest BCUT2D eigenvalue weighted by molar-refractivity contribution is 0.577. The van der Waals surface area contributed by atoms with Gasteiger partial charge in [0, 0.05) is 27.8 Å². The summed E-state index contributed by atoms with van der Waals surface area (Å²) in [4.78, 5) is 0. The summed E-state index contributed by atoms with van der Waals surface area (Å²) in [5, 5.41) is 0. The molecule has 0 aliphatic carbocycles. The van der Waals surface area contributed by atoms with E-state index in [-0.39, 0.29) is 5.82 Å². The summed E-state index contributed by atoms with van der Waals surface area (Å²) >= 11 is 0. The van der Waals surface area contributed by atoms with E-state index in [2.05, 4.69) is 0 Å². The van der Waals surface area contributed by atoms with Crippen LogP contribution in [0.15, 0.2) is 24.3 Å². The molecule has 15 heavy (non-hydrogen) atoms. The minimum Gasteiger partial charge on any atom is -0.325 e. The Morgan fingerprint density at radius 1 is 1.47 bits per heavy atom. The van der Waals surface area contributed by atoms with Crippen molar-refractivity contribution in [3.05, 3.63) is 35.6 Å². The van der Waals surface area contributed by atoms with Gasteiger partial charge in [-0.1, -0.05) is 12.1 Å². The van der Waals surface area contributed by atoms with Crippen molar-refractivity contribution in [1.29, 1.82) is 0 Å². The molecule has 1 aromatic carbocycles. The van der Waals surface area contributed by atoms with E-state index < -0.39 is 16.3 Å². The van der Waals surface area contributed by atoms with Gasteiger partial charge in [0.1, 0.15) is 5.82 Å². The molecule has 0 aliphatic rings. The SMILES string of the molecule is CC(C)(N)CS(=O)Cc1cccc(F)c1. The van der Waals surface area contributed by atoms with Crippen LogP contribution in [0.5, 0.6) is 0 Å². The number of hydrogen-bond donors (Lipinski definition) is 1. The minimum absolute atomic E-state index is 0.295. The highest BCUT2D eigenvalue weighted by molar-refractivity contribution is 7.84. The summed E-state index contributed by atoms with van der Waals surface area (Å²) in [6, 6.07) is 6.17. The molecule has 0 aliphatic heterocycles. The van der Waals surface area contributed by atoms with Crippen molar-refractivity contribution in [2.75, 3.05) is 5.75 Å². The van der Waals surface area contributed by atoms with Crippen LogP contribution in [0.2, 0.25) is 0 Å². The molecule has 84 valence electrons. The Labute approximate surface area is 92.1 Å². The topological polar surface area (TPSA) is 43.1 Å². The second kappa shape index (κ2) is 4.86. The molecule has 1 rings (SSSR count). The van der Waals surface area contributed by atoms with Crippen LogP contribution < -0.4 is 5.73 Å². The molecule has 0 bridgehead atoms. The molecule has 2 N–H and O–H groups in total. The first-order valence-electron chi connectivity index (χ1n) is 4.75. The maximum atomic E-state index is 12.8. The van der Waals surface area contributed by atoms with Gasteiger partial charge >= 0.3 is 0 Å². The van der Waals surface area contributed by atoms with Crippen LogP contribution in [0.4, 0.5) is 4.39 Å². The fraction of sp³-hybridized carbons (Fsp3) is 0.455. The number of halogens is 1. The first-order chi connectivity index (χ1) is 6.87. The Kier molecular flexibility index (Phi) is 3.99. The van der Waals surface area contributed by atoms with Crippen LogP contribution in [0.1, 0.15) is 19.4 Å². The van der Waals surface area contributed by atoms with Crippen molar-refractivity contribution in [3.8, 4) is 0 Å². The van der Waals surface area contributed by atoms with Crippen molar-refractivity contribution >= 4 is 10.8 Å². The Hall–Kier alpha value is -0.740. The normalized spacial score (nSPS) is 13.9. The number of nitrogens with two attached hydrogens (primary N) is 1. The molecule has 0 fully saturated rings. The van der Waals surface area contributed by atoms with Crippen molar-refractivity contribution in [2.45, 2.75) is 25.1 Å². The molecule has 0 amide bonds. The van der Waals surface area contributed by atoms with Gasteiger partial charge in [-0.05, 0) is 31.5 Å². The third kappa shape index (κ3) is 5.04. The van der Waals surface area contributed by atoms with Crippen LogP contribution >= 0.6 is 0 Å². The van der Waals surface area contributed by atoms with Crippen LogP contribution in [-0.2, 0) is 16.6 Å². The highest BCUT2D eigenvalue weighted by Gasteiger charge is 2.15. The molecule has 0 saturated heterocycles. The van der Waals surface area contributed by atoms with Crippen molar-refractivity contribution in [1.82, 2.24) is 0 Å². The second-order valence-corrected chi connectivity index (χ2v) is 5.80. The van der Waals surface area contributed by atoms with E-state index in [0.29, 0.717) is 11.5 Å². The summed E-state index contributed by atoms with van der Waals surface area (Å²) in [6.45, 7) is 3.66. The summed E-state index contributed by atoms with van der Waals surface area (Å²) in [7, 11) is -1.04. The zero-order chi connectivity index (χ0) is 11.5. The average Bonchev–Trinajstić information content (AvgIpc) is 1.99. The monoisotopic (exact) mass is 229 g/mol. The van der Waals surface area contributed by atoms with Gasteiger partial charge in [0.2, 0.25) is 0 Å². The van der Waals surface area contributed by atoms with Gasteiger partial charge in [-0.15, -0.1) is 0 Å². The Morgan fingerprint density at radius 2 is 2.13 bits per heavy atom. The molecule has 1 unspecified atom stereocenters. The van der Waals surface area contributed by atoms with E-state index >= 15 is 0 Å². The third-order valence-corrected chi connectivity index (χ3v) is 3.47. The van der Waals surface area contributed by atoms with Gasteiger partial charge in [0.25, 0.3) is 0 Å². The summed E-state index contributed by atoms with van der Waals surface area (Å²) in [6.07, 6.45) is 0. The maximum Gasteiger partial charge on any atom is 0.123 e. The lowest BCUT2D eigenvalue weighted by Crippen LogP contribution is -2.38.